The normalized spacial score (nSPS) is 20.8. The minimum Gasteiger partial charge on any atom is -0.371 e. The number of urea groups is 1. The lowest BCUT2D eigenvalue weighted by atomic mass is 10.1. The second-order valence-corrected chi connectivity index (χ2v) is 12.1. The Bertz CT molecular complexity index is 1480. The fraction of sp³-hybridized carbons (Fsp3) is 0.370. The molecule has 2 N–H and O–H groups in total. The Hall–Kier alpha value is -3.57. The van der Waals surface area contributed by atoms with Crippen molar-refractivity contribution < 1.29 is 22.3 Å². The van der Waals surface area contributed by atoms with Gasteiger partial charge in [0.2, 0.25) is 5.95 Å². The van der Waals surface area contributed by atoms with Gasteiger partial charge in [0.25, 0.3) is 0 Å². The van der Waals surface area contributed by atoms with Crippen LogP contribution in [0.2, 0.25) is 0 Å². The van der Waals surface area contributed by atoms with E-state index in [0.29, 0.717) is 36.1 Å². The van der Waals surface area contributed by atoms with Gasteiger partial charge in [-0.25, -0.2) is 27.6 Å². The van der Waals surface area contributed by atoms with E-state index in [2.05, 4.69) is 15.5 Å². The molecule has 3 heterocycles. The summed E-state index contributed by atoms with van der Waals surface area (Å²) < 4.78 is 45.4. The molecule has 198 valence electrons. The van der Waals surface area contributed by atoms with Gasteiger partial charge in [0.05, 0.1) is 28.5 Å². The minimum atomic E-state index is -3.65. The highest BCUT2D eigenvalue weighted by atomic mass is 32.2. The van der Waals surface area contributed by atoms with Gasteiger partial charge in [-0.2, -0.15) is 0 Å². The monoisotopic (exact) mass is 537 g/mol. The van der Waals surface area contributed by atoms with Crippen molar-refractivity contribution in [1.29, 1.82) is 0 Å². The predicted octanol–water partition coefficient (Wildman–Crippen LogP) is 4.00. The topological polar surface area (TPSA) is 114 Å². The van der Waals surface area contributed by atoms with Crippen LogP contribution in [0.3, 0.4) is 0 Å². The highest BCUT2D eigenvalue weighted by Gasteiger charge is 2.35. The first-order valence-corrected chi connectivity index (χ1v) is 14.6. The second kappa shape index (κ2) is 9.63. The van der Waals surface area contributed by atoms with E-state index in [0.717, 1.165) is 43.6 Å². The Balaban J connectivity index is 1.39. The van der Waals surface area contributed by atoms with Crippen LogP contribution in [-0.4, -0.2) is 62.0 Å². The summed E-state index contributed by atoms with van der Waals surface area (Å²) in [5.74, 6) is -0.120. The first-order chi connectivity index (χ1) is 18.2. The average molecular weight is 538 g/mol. The Labute approximate surface area is 220 Å². The lowest BCUT2D eigenvalue weighted by molar-refractivity contribution is 0.0299. The van der Waals surface area contributed by atoms with Gasteiger partial charge >= 0.3 is 6.03 Å². The summed E-state index contributed by atoms with van der Waals surface area (Å²) in [4.78, 5) is 23.7. The van der Waals surface area contributed by atoms with Crippen molar-refractivity contribution in [2.24, 2.45) is 0 Å². The van der Waals surface area contributed by atoms with Gasteiger partial charge in [0.15, 0.2) is 9.84 Å². The quantitative estimate of drug-likeness (QED) is 0.457. The molecule has 3 fully saturated rings. The largest absolute Gasteiger partial charge is 0.371 e. The molecule has 2 atom stereocenters. The number of anilines is 2. The predicted molar refractivity (Wildman–Crippen MR) is 141 cm³/mol. The maximum Gasteiger partial charge on any atom is 0.319 e. The smallest absolute Gasteiger partial charge is 0.319 e. The highest BCUT2D eigenvalue weighted by Crippen LogP contribution is 2.34. The number of rotatable bonds is 6. The molecular formula is C27H28FN5O4S. The van der Waals surface area contributed by atoms with Crippen LogP contribution in [0.4, 0.5) is 20.8 Å². The Kier molecular flexibility index (Phi) is 6.27. The standard InChI is InChI=1S/C27H28FN5O4S/c1-38(35,36)25-11-4-17(28)12-22(25)24-13-23(31-26(32-24)33-14-20-9-10-21(15-33)37-20)16-2-5-18(6-3-16)29-27(34)30-19-7-8-19/h2-6,11-13,19-21H,7-10,14-15H2,1H3,(H2,29,30,34). The van der Waals surface area contributed by atoms with Crippen molar-refractivity contribution >= 4 is 27.5 Å². The van der Waals surface area contributed by atoms with Crippen molar-refractivity contribution in [2.75, 3.05) is 29.6 Å². The zero-order valence-corrected chi connectivity index (χ0v) is 21.7. The van der Waals surface area contributed by atoms with E-state index in [9.17, 15) is 17.6 Å². The molecule has 0 spiro atoms. The Morgan fingerprint density at radius 3 is 2.32 bits per heavy atom. The molecule has 2 amide bonds. The molecule has 3 aromatic rings. The summed E-state index contributed by atoms with van der Waals surface area (Å²) in [6, 6.07) is 12.5. The number of amides is 2. The molecule has 2 unspecified atom stereocenters. The molecular weight excluding hydrogens is 509 g/mol. The number of aromatic nitrogens is 2. The van der Waals surface area contributed by atoms with Crippen LogP contribution in [0.1, 0.15) is 25.7 Å². The summed E-state index contributed by atoms with van der Waals surface area (Å²) >= 11 is 0. The molecule has 1 aromatic heterocycles. The number of morpholine rings is 1. The average Bonchev–Trinajstić information content (AvgIpc) is 3.64. The van der Waals surface area contributed by atoms with E-state index >= 15 is 0 Å². The fourth-order valence-corrected chi connectivity index (χ4v) is 5.85. The van der Waals surface area contributed by atoms with Crippen LogP contribution < -0.4 is 15.5 Å². The van der Waals surface area contributed by atoms with E-state index in [4.69, 9.17) is 14.7 Å². The van der Waals surface area contributed by atoms with Crippen LogP contribution in [0.5, 0.6) is 0 Å². The molecule has 3 aliphatic rings. The summed E-state index contributed by atoms with van der Waals surface area (Å²) in [5.41, 5.74) is 2.44. The fourth-order valence-electron chi connectivity index (χ4n) is 4.97. The molecule has 2 saturated heterocycles. The molecule has 2 aliphatic heterocycles. The van der Waals surface area contributed by atoms with Crippen LogP contribution in [0, 0.1) is 5.82 Å². The Morgan fingerprint density at radius 2 is 1.66 bits per heavy atom. The van der Waals surface area contributed by atoms with Crippen molar-refractivity contribution in [2.45, 2.75) is 48.8 Å². The summed E-state index contributed by atoms with van der Waals surface area (Å²) in [6.07, 6.45) is 5.23. The number of ether oxygens (including phenoxy) is 1. The number of carbonyl (C=O) groups excluding carboxylic acids is 1. The molecule has 2 aromatic carbocycles. The van der Waals surface area contributed by atoms with Crippen molar-refractivity contribution in [1.82, 2.24) is 15.3 Å². The molecule has 2 bridgehead atoms. The third-order valence-corrected chi connectivity index (χ3v) is 8.16. The zero-order valence-electron chi connectivity index (χ0n) is 20.9. The van der Waals surface area contributed by atoms with Crippen LogP contribution in [-0.2, 0) is 14.6 Å². The lowest BCUT2D eigenvalue weighted by Gasteiger charge is -2.32. The maximum absolute atomic E-state index is 14.3. The molecule has 1 aliphatic carbocycles. The number of carbonyl (C=O) groups is 1. The van der Waals surface area contributed by atoms with Gasteiger partial charge in [-0.1, -0.05) is 12.1 Å². The van der Waals surface area contributed by atoms with E-state index in [1.165, 1.54) is 12.1 Å². The van der Waals surface area contributed by atoms with Crippen molar-refractivity contribution in [3.63, 3.8) is 0 Å². The summed E-state index contributed by atoms with van der Waals surface area (Å²) in [5, 5.41) is 5.71. The third-order valence-electron chi connectivity index (χ3n) is 7.01. The minimum absolute atomic E-state index is 0.00206. The summed E-state index contributed by atoms with van der Waals surface area (Å²) in [7, 11) is -3.65. The van der Waals surface area contributed by atoms with Gasteiger partial charge in [-0.05, 0) is 62.1 Å². The molecule has 9 nitrogen and oxygen atoms in total. The first kappa shape index (κ1) is 24.7. The molecule has 1 saturated carbocycles. The van der Waals surface area contributed by atoms with Gasteiger partial charge in [0.1, 0.15) is 5.82 Å². The van der Waals surface area contributed by atoms with E-state index in [-0.39, 0.29) is 34.7 Å². The molecule has 6 rings (SSSR count). The number of nitrogens with one attached hydrogen (secondary N) is 2. The second-order valence-electron chi connectivity index (χ2n) is 10.2. The number of fused-ring (bicyclic) bond motifs is 2. The van der Waals surface area contributed by atoms with Gasteiger partial charge in [-0.3, -0.25) is 0 Å². The number of halogens is 1. The van der Waals surface area contributed by atoms with Crippen LogP contribution in [0.25, 0.3) is 22.5 Å². The zero-order chi connectivity index (χ0) is 26.4. The maximum atomic E-state index is 14.3. The van der Waals surface area contributed by atoms with Gasteiger partial charge in [0, 0.05) is 42.2 Å². The van der Waals surface area contributed by atoms with Gasteiger partial charge in [-0.15, -0.1) is 0 Å². The molecule has 0 radical (unpaired) electrons. The van der Waals surface area contributed by atoms with Crippen molar-refractivity contribution in [3.05, 3.63) is 54.3 Å². The number of hydrogen-bond donors (Lipinski definition) is 2. The number of nitrogens with zero attached hydrogens (tertiary/aromatic N) is 3. The highest BCUT2D eigenvalue weighted by molar-refractivity contribution is 7.90. The van der Waals surface area contributed by atoms with Crippen LogP contribution in [0.15, 0.2) is 53.4 Å². The molecule has 11 heteroatoms. The van der Waals surface area contributed by atoms with E-state index in [1.807, 2.05) is 12.1 Å². The number of benzene rings is 2. The third kappa shape index (κ3) is 5.34. The van der Waals surface area contributed by atoms with E-state index in [1.54, 1.807) is 18.2 Å². The van der Waals surface area contributed by atoms with Gasteiger partial charge < -0.3 is 20.3 Å². The summed E-state index contributed by atoms with van der Waals surface area (Å²) in [6.45, 7) is 1.25. The number of hydrogen-bond acceptors (Lipinski definition) is 7. The SMILES string of the molecule is CS(=O)(=O)c1ccc(F)cc1-c1cc(-c2ccc(NC(=O)NC3CC3)cc2)nc(N2CC3CCC(C2)O3)n1. The van der Waals surface area contributed by atoms with Crippen molar-refractivity contribution in [3.8, 4) is 22.5 Å². The Morgan fingerprint density at radius 1 is 0.974 bits per heavy atom. The molecule has 38 heavy (non-hydrogen) atoms. The lowest BCUT2D eigenvalue weighted by Crippen LogP contribution is -2.43. The van der Waals surface area contributed by atoms with E-state index < -0.39 is 15.7 Å². The first-order valence-electron chi connectivity index (χ1n) is 12.7. The number of sulfone groups is 1. The van der Waals surface area contributed by atoms with Crippen LogP contribution >= 0.6 is 0 Å².